The summed E-state index contributed by atoms with van der Waals surface area (Å²) in [5.41, 5.74) is 3.21. The van der Waals surface area contributed by atoms with Crippen molar-refractivity contribution < 1.29 is 9.59 Å². The molecule has 0 unspecified atom stereocenters. The van der Waals surface area contributed by atoms with Crippen molar-refractivity contribution in [3.05, 3.63) is 54.6 Å². The van der Waals surface area contributed by atoms with Crippen LogP contribution >= 0.6 is 0 Å². The number of carbonyl (C=O) groups excluding carboxylic acids is 2. The van der Waals surface area contributed by atoms with Crippen LogP contribution in [0.25, 0.3) is 11.1 Å². The predicted molar refractivity (Wildman–Crippen MR) is 119 cm³/mol. The molecule has 0 heterocycles. The van der Waals surface area contributed by atoms with E-state index in [9.17, 15) is 9.59 Å². The first-order valence-corrected chi connectivity index (χ1v) is 11.3. The van der Waals surface area contributed by atoms with Crippen LogP contribution in [0.1, 0.15) is 44.9 Å². The molecule has 0 aromatic heterocycles. The maximum atomic E-state index is 12.6. The van der Waals surface area contributed by atoms with Gasteiger partial charge in [-0.15, -0.1) is 0 Å². The van der Waals surface area contributed by atoms with Crippen molar-refractivity contribution in [3.63, 3.8) is 0 Å². The SMILES string of the molecule is O=C(CC12CC3CC(CC(C3)C1)C2)NCC(=O)Nc1ccc(-c2ccccc2)cc1. The summed E-state index contributed by atoms with van der Waals surface area (Å²) in [6.07, 6.45) is 8.38. The molecule has 30 heavy (non-hydrogen) atoms. The van der Waals surface area contributed by atoms with Crippen LogP contribution in [0.4, 0.5) is 5.69 Å². The largest absolute Gasteiger partial charge is 0.347 e. The molecule has 4 nitrogen and oxygen atoms in total. The van der Waals surface area contributed by atoms with Gasteiger partial charge in [0.1, 0.15) is 0 Å². The lowest BCUT2D eigenvalue weighted by Crippen LogP contribution is -2.48. The van der Waals surface area contributed by atoms with Crippen LogP contribution in [0.2, 0.25) is 0 Å². The highest BCUT2D eigenvalue weighted by Gasteiger charge is 2.51. The Balaban J connectivity index is 1.11. The van der Waals surface area contributed by atoms with Gasteiger partial charge >= 0.3 is 0 Å². The Hall–Kier alpha value is -2.62. The number of hydrogen-bond acceptors (Lipinski definition) is 2. The van der Waals surface area contributed by atoms with E-state index in [-0.39, 0.29) is 23.8 Å². The molecule has 2 N–H and O–H groups in total. The lowest BCUT2D eigenvalue weighted by Gasteiger charge is -2.56. The van der Waals surface area contributed by atoms with E-state index < -0.39 is 0 Å². The molecule has 4 heteroatoms. The fourth-order valence-electron chi connectivity index (χ4n) is 6.67. The van der Waals surface area contributed by atoms with E-state index in [2.05, 4.69) is 22.8 Å². The molecule has 6 rings (SSSR count). The first-order chi connectivity index (χ1) is 14.6. The maximum Gasteiger partial charge on any atom is 0.243 e. The van der Waals surface area contributed by atoms with Crippen LogP contribution < -0.4 is 10.6 Å². The molecular formula is C26H30N2O2. The van der Waals surface area contributed by atoms with Gasteiger partial charge in [-0.25, -0.2) is 0 Å². The Morgan fingerprint density at radius 2 is 1.33 bits per heavy atom. The van der Waals surface area contributed by atoms with Gasteiger partial charge in [-0.05, 0) is 85.0 Å². The second-order valence-corrected chi connectivity index (χ2v) is 9.86. The molecule has 4 fully saturated rings. The molecule has 0 atom stereocenters. The van der Waals surface area contributed by atoms with Crippen molar-refractivity contribution in [3.8, 4) is 11.1 Å². The van der Waals surface area contributed by atoms with E-state index in [1.54, 1.807) is 0 Å². The summed E-state index contributed by atoms with van der Waals surface area (Å²) in [6, 6.07) is 17.9. The van der Waals surface area contributed by atoms with Crippen molar-refractivity contribution in [2.24, 2.45) is 23.2 Å². The number of amides is 2. The molecule has 0 radical (unpaired) electrons. The molecule has 2 amide bonds. The summed E-state index contributed by atoms with van der Waals surface area (Å²) < 4.78 is 0. The molecule has 0 saturated heterocycles. The van der Waals surface area contributed by atoms with Crippen molar-refractivity contribution >= 4 is 17.5 Å². The zero-order valence-corrected chi connectivity index (χ0v) is 17.4. The molecule has 0 aliphatic heterocycles. The van der Waals surface area contributed by atoms with Gasteiger partial charge < -0.3 is 10.6 Å². The number of rotatable bonds is 6. The zero-order chi connectivity index (χ0) is 20.6. The molecule has 4 saturated carbocycles. The summed E-state index contributed by atoms with van der Waals surface area (Å²) in [5, 5.41) is 5.75. The maximum absolute atomic E-state index is 12.6. The van der Waals surface area contributed by atoms with Crippen molar-refractivity contribution in [1.29, 1.82) is 0 Å². The Labute approximate surface area is 178 Å². The van der Waals surface area contributed by atoms with E-state index in [4.69, 9.17) is 0 Å². The first kappa shape index (κ1) is 19.3. The van der Waals surface area contributed by atoms with Gasteiger partial charge in [0.15, 0.2) is 0 Å². The Kier molecular flexibility index (Phi) is 5.10. The van der Waals surface area contributed by atoms with Gasteiger partial charge in [0.2, 0.25) is 11.8 Å². The van der Waals surface area contributed by atoms with E-state index in [1.807, 2.05) is 42.5 Å². The quantitative estimate of drug-likeness (QED) is 0.713. The van der Waals surface area contributed by atoms with Crippen molar-refractivity contribution in [2.75, 3.05) is 11.9 Å². The van der Waals surface area contributed by atoms with Crippen LogP contribution in [-0.2, 0) is 9.59 Å². The lowest BCUT2D eigenvalue weighted by atomic mass is 9.49. The Morgan fingerprint density at radius 3 is 1.93 bits per heavy atom. The summed E-state index contributed by atoms with van der Waals surface area (Å²) in [5.74, 6) is 2.37. The summed E-state index contributed by atoms with van der Waals surface area (Å²) in [6.45, 7) is 0.0334. The van der Waals surface area contributed by atoms with Gasteiger partial charge in [0.05, 0.1) is 6.54 Å². The van der Waals surface area contributed by atoms with Crippen molar-refractivity contribution in [2.45, 2.75) is 44.9 Å². The number of carbonyl (C=O) groups is 2. The highest BCUT2D eigenvalue weighted by molar-refractivity contribution is 5.94. The molecule has 156 valence electrons. The Bertz CT molecular complexity index is 885. The minimum Gasteiger partial charge on any atom is -0.347 e. The normalized spacial score (nSPS) is 28.9. The fraction of sp³-hybridized carbons (Fsp3) is 0.462. The molecule has 0 spiro atoms. The molecular weight excluding hydrogens is 372 g/mol. The lowest BCUT2D eigenvalue weighted by molar-refractivity contribution is -0.131. The first-order valence-electron chi connectivity index (χ1n) is 11.3. The van der Waals surface area contributed by atoms with Gasteiger partial charge in [0, 0.05) is 12.1 Å². The van der Waals surface area contributed by atoms with Crippen LogP contribution in [0.3, 0.4) is 0 Å². The van der Waals surface area contributed by atoms with Crippen LogP contribution in [-0.4, -0.2) is 18.4 Å². The average molecular weight is 403 g/mol. The molecule has 2 aromatic rings. The van der Waals surface area contributed by atoms with Crippen LogP contribution in [0.5, 0.6) is 0 Å². The number of anilines is 1. The highest BCUT2D eigenvalue weighted by Crippen LogP contribution is 2.61. The van der Waals surface area contributed by atoms with Crippen LogP contribution in [0, 0.1) is 23.2 Å². The third kappa shape index (κ3) is 4.14. The standard InChI is InChI=1S/C26H30N2O2/c29-24(16-26-13-18-10-19(14-26)12-20(11-18)15-26)27-17-25(30)28-23-8-6-22(7-9-23)21-4-2-1-3-5-21/h1-9,18-20H,10-17H2,(H,27,29)(H,28,30). The minimum atomic E-state index is -0.179. The monoisotopic (exact) mass is 402 g/mol. The summed E-state index contributed by atoms with van der Waals surface area (Å²) in [4.78, 5) is 24.9. The van der Waals surface area contributed by atoms with E-state index in [0.717, 1.165) is 34.6 Å². The zero-order valence-electron chi connectivity index (χ0n) is 17.4. The second kappa shape index (κ2) is 7.90. The third-order valence-corrected chi connectivity index (χ3v) is 7.42. The molecule has 2 aromatic carbocycles. The van der Waals surface area contributed by atoms with Crippen LogP contribution in [0.15, 0.2) is 54.6 Å². The Morgan fingerprint density at radius 1 is 0.767 bits per heavy atom. The molecule has 4 bridgehead atoms. The van der Waals surface area contributed by atoms with Gasteiger partial charge in [-0.3, -0.25) is 9.59 Å². The number of benzene rings is 2. The van der Waals surface area contributed by atoms with E-state index >= 15 is 0 Å². The highest BCUT2D eigenvalue weighted by atomic mass is 16.2. The van der Waals surface area contributed by atoms with E-state index in [1.165, 1.54) is 38.5 Å². The smallest absolute Gasteiger partial charge is 0.243 e. The minimum absolute atomic E-state index is 0.0334. The average Bonchev–Trinajstić information content (AvgIpc) is 2.72. The fourth-order valence-corrected chi connectivity index (χ4v) is 6.67. The van der Waals surface area contributed by atoms with Gasteiger partial charge in [0.25, 0.3) is 0 Å². The predicted octanol–water partition coefficient (Wildman–Crippen LogP) is 5.01. The van der Waals surface area contributed by atoms with Gasteiger partial charge in [-0.1, -0.05) is 42.5 Å². The van der Waals surface area contributed by atoms with Gasteiger partial charge in [-0.2, -0.15) is 0 Å². The topological polar surface area (TPSA) is 58.2 Å². The number of hydrogen-bond donors (Lipinski definition) is 2. The molecule has 4 aliphatic rings. The number of nitrogens with one attached hydrogen (secondary N) is 2. The molecule has 4 aliphatic carbocycles. The second-order valence-electron chi connectivity index (χ2n) is 9.86. The third-order valence-electron chi connectivity index (χ3n) is 7.42. The van der Waals surface area contributed by atoms with Crippen molar-refractivity contribution in [1.82, 2.24) is 5.32 Å². The summed E-state index contributed by atoms with van der Waals surface area (Å²) >= 11 is 0. The van der Waals surface area contributed by atoms with E-state index in [0.29, 0.717) is 6.42 Å². The summed E-state index contributed by atoms with van der Waals surface area (Å²) in [7, 11) is 0.